The van der Waals surface area contributed by atoms with Gasteiger partial charge in [0.05, 0.1) is 17.6 Å². The van der Waals surface area contributed by atoms with Gasteiger partial charge in [-0.05, 0) is 24.0 Å². The number of hydrogen-bond acceptors (Lipinski definition) is 5. The van der Waals surface area contributed by atoms with E-state index >= 15 is 0 Å². The summed E-state index contributed by atoms with van der Waals surface area (Å²) >= 11 is 0. The van der Waals surface area contributed by atoms with E-state index in [0.29, 0.717) is 17.9 Å². The molecule has 0 spiro atoms. The number of hydrogen-bond donors (Lipinski definition) is 2. The zero-order valence-corrected chi connectivity index (χ0v) is 11.9. The SMILES string of the molecule is O=[N+]([O-])c1cc(CO)ccc1OCC(O)CC1CCCC1. The molecule has 0 heterocycles. The molecule has 2 rings (SSSR count). The number of nitrogens with zero attached hydrogens (tertiary/aromatic N) is 1. The van der Waals surface area contributed by atoms with Crippen molar-refractivity contribution in [1.29, 1.82) is 0 Å². The number of benzene rings is 1. The Kier molecular flexibility index (Phi) is 5.52. The number of nitro groups is 1. The molecule has 6 heteroatoms. The first-order chi connectivity index (χ1) is 10.1. The quantitative estimate of drug-likeness (QED) is 0.595. The highest BCUT2D eigenvalue weighted by Crippen LogP contribution is 2.30. The van der Waals surface area contributed by atoms with Gasteiger partial charge in [-0.2, -0.15) is 0 Å². The minimum atomic E-state index is -0.606. The van der Waals surface area contributed by atoms with E-state index in [9.17, 15) is 15.2 Å². The molecule has 0 amide bonds. The van der Waals surface area contributed by atoms with Crippen molar-refractivity contribution >= 4 is 5.69 Å². The molecule has 1 saturated carbocycles. The number of aliphatic hydroxyl groups is 2. The average Bonchev–Trinajstić information content (AvgIpc) is 2.97. The maximum absolute atomic E-state index is 11.0. The Hall–Kier alpha value is -1.66. The number of aliphatic hydroxyl groups excluding tert-OH is 2. The first kappa shape index (κ1) is 15.7. The van der Waals surface area contributed by atoms with Crippen LogP contribution in [-0.4, -0.2) is 27.8 Å². The Balaban J connectivity index is 1.93. The van der Waals surface area contributed by atoms with Crippen molar-refractivity contribution in [2.45, 2.75) is 44.8 Å². The minimum Gasteiger partial charge on any atom is -0.484 e. The molecule has 1 unspecified atom stereocenters. The summed E-state index contributed by atoms with van der Waals surface area (Å²) in [6, 6.07) is 4.33. The van der Waals surface area contributed by atoms with E-state index in [0.717, 1.165) is 12.8 Å². The lowest BCUT2D eigenvalue weighted by Gasteiger charge is -2.16. The molecule has 0 saturated heterocycles. The predicted octanol–water partition coefficient (Wildman–Crippen LogP) is 2.41. The molecule has 116 valence electrons. The largest absolute Gasteiger partial charge is 0.484 e. The van der Waals surface area contributed by atoms with E-state index in [-0.39, 0.29) is 24.7 Å². The van der Waals surface area contributed by atoms with Crippen molar-refractivity contribution in [2.24, 2.45) is 5.92 Å². The second-order valence-corrected chi connectivity index (χ2v) is 5.57. The molecule has 2 N–H and O–H groups in total. The van der Waals surface area contributed by atoms with Crippen molar-refractivity contribution in [3.05, 3.63) is 33.9 Å². The molecule has 1 atom stereocenters. The summed E-state index contributed by atoms with van der Waals surface area (Å²) < 4.78 is 5.40. The molecule has 0 aliphatic heterocycles. The van der Waals surface area contributed by atoms with Crippen molar-refractivity contribution in [1.82, 2.24) is 0 Å². The summed E-state index contributed by atoms with van der Waals surface area (Å²) in [5.74, 6) is 0.665. The van der Waals surface area contributed by atoms with Crippen molar-refractivity contribution in [3.63, 3.8) is 0 Å². The van der Waals surface area contributed by atoms with Crippen LogP contribution < -0.4 is 4.74 Å². The molecule has 1 aliphatic rings. The third kappa shape index (κ3) is 4.41. The zero-order chi connectivity index (χ0) is 15.2. The summed E-state index contributed by atoms with van der Waals surface area (Å²) in [4.78, 5) is 10.5. The maximum Gasteiger partial charge on any atom is 0.311 e. The summed E-state index contributed by atoms with van der Waals surface area (Å²) in [5, 5.41) is 30.0. The van der Waals surface area contributed by atoms with Crippen molar-refractivity contribution < 1.29 is 19.9 Å². The molecule has 1 aromatic rings. The molecule has 0 bridgehead atoms. The van der Waals surface area contributed by atoms with Crippen LogP contribution in [0.5, 0.6) is 5.75 Å². The highest BCUT2D eigenvalue weighted by Gasteiger charge is 2.21. The number of nitro benzene ring substituents is 1. The van der Waals surface area contributed by atoms with Crippen molar-refractivity contribution in [2.75, 3.05) is 6.61 Å². The first-order valence-corrected chi connectivity index (χ1v) is 7.29. The number of rotatable bonds is 7. The van der Waals surface area contributed by atoms with Crippen LogP contribution in [0.4, 0.5) is 5.69 Å². The molecule has 1 aliphatic carbocycles. The molecular weight excluding hydrogens is 274 g/mol. The van der Waals surface area contributed by atoms with Gasteiger partial charge in [-0.25, -0.2) is 0 Å². The highest BCUT2D eigenvalue weighted by molar-refractivity contribution is 5.48. The third-order valence-corrected chi connectivity index (χ3v) is 3.91. The fourth-order valence-corrected chi connectivity index (χ4v) is 2.81. The fraction of sp³-hybridized carbons (Fsp3) is 0.600. The van der Waals surface area contributed by atoms with Gasteiger partial charge < -0.3 is 14.9 Å². The Morgan fingerprint density at radius 2 is 2.10 bits per heavy atom. The van der Waals surface area contributed by atoms with Crippen LogP contribution >= 0.6 is 0 Å². The van der Waals surface area contributed by atoms with E-state index in [1.165, 1.54) is 25.0 Å². The Bertz CT molecular complexity index is 485. The Morgan fingerprint density at radius 3 is 2.71 bits per heavy atom. The lowest BCUT2D eigenvalue weighted by molar-refractivity contribution is -0.386. The van der Waals surface area contributed by atoms with Gasteiger partial charge in [0.15, 0.2) is 5.75 Å². The van der Waals surface area contributed by atoms with Crippen LogP contribution in [-0.2, 0) is 6.61 Å². The van der Waals surface area contributed by atoms with E-state index in [1.54, 1.807) is 6.07 Å². The zero-order valence-electron chi connectivity index (χ0n) is 11.9. The van der Waals surface area contributed by atoms with Gasteiger partial charge in [0, 0.05) is 6.07 Å². The monoisotopic (exact) mass is 295 g/mol. The standard InChI is InChI=1S/C15H21NO5/c17-9-12-5-6-15(14(8-12)16(19)20)21-10-13(18)7-11-3-1-2-4-11/h5-6,8,11,13,17-18H,1-4,7,9-10H2. The number of ether oxygens (including phenoxy) is 1. The van der Waals surface area contributed by atoms with Crippen molar-refractivity contribution in [3.8, 4) is 5.75 Å². The van der Waals surface area contributed by atoms with E-state index in [4.69, 9.17) is 9.84 Å². The van der Waals surface area contributed by atoms with Gasteiger partial charge in [-0.15, -0.1) is 0 Å². The molecule has 1 fully saturated rings. The molecule has 6 nitrogen and oxygen atoms in total. The van der Waals surface area contributed by atoms with Crippen LogP contribution in [0.3, 0.4) is 0 Å². The van der Waals surface area contributed by atoms with E-state index in [1.807, 2.05) is 0 Å². The van der Waals surface area contributed by atoms with Gasteiger partial charge in [0.2, 0.25) is 0 Å². The minimum absolute atomic E-state index is 0.0514. The molecule has 0 radical (unpaired) electrons. The Morgan fingerprint density at radius 1 is 1.38 bits per heavy atom. The maximum atomic E-state index is 11.0. The van der Waals surface area contributed by atoms with Crippen LogP contribution in [0.2, 0.25) is 0 Å². The third-order valence-electron chi connectivity index (χ3n) is 3.91. The normalized spacial score (nSPS) is 16.9. The van der Waals surface area contributed by atoms with E-state index < -0.39 is 11.0 Å². The van der Waals surface area contributed by atoms with Gasteiger partial charge in [-0.3, -0.25) is 10.1 Å². The van der Waals surface area contributed by atoms with Gasteiger partial charge in [0.25, 0.3) is 0 Å². The van der Waals surface area contributed by atoms with Crippen LogP contribution in [0, 0.1) is 16.0 Å². The fourth-order valence-electron chi connectivity index (χ4n) is 2.81. The first-order valence-electron chi connectivity index (χ1n) is 7.29. The predicted molar refractivity (Wildman–Crippen MR) is 77.1 cm³/mol. The van der Waals surface area contributed by atoms with Gasteiger partial charge in [-0.1, -0.05) is 31.7 Å². The summed E-state index contributed by atoms with van der Waals surface area (Å²) in [6.07, 6.45) is 4.79. The lowest BCUT2D eigenvalue weighted by Crippen LogP contribution is -2.20. The topological polar surface area (TPSA) is 92.8 Å². The Labute approximate surface area is 123 Å². The van der Waals surface area contributed by atoms with Crippen LogP contribution in [0.25, 0.3) is 0 Å². The van der Waals surface area contributed by atoms with E-state index in [2.05, 4.69) is 0 Å². The molecule has 1 aromatic carbocycles. The van der Waals surface area contributed by atoms with Gasteiger partial charge >= 0.3 is 5.69 Å². The lowest BCUT2D eigenvalue weighted by atomic mass is 10.0. The smallest absolute Gasteiger partial charge is 0.311 e. The second kappa shape index (κ2) is 7.38. The second-order valence-electron chi connectivity index (χ2n) is 5.57. The summed E-state index contributed by atoms with van der Waals surface area (Å²) in [6.45, 7) is -0.207. The highest BCUT2D eigenvalue weighted by atomic mass is 16.6. The average molecular weight is 295 g/mol. The van der Waals surface area contributed by atoms with Crippen LogP contribution in [0.1, 0.15) is 37.7 Å². The van der Waals surface area contributed by atoms with Crippen LogP contribution in [0.15, 0.2) is 18.2 Å². The molecule has 0 aromatic heterocycles. The van der Waals surface area contributed by atoms with Gasteiger partial charge in [0.1, 0.15) is 6.61 Å². The molecule has 21 heavy (non-hydrogen) atoms. The summed E-state index contributed by atoms with van der Waals surface area (Å²) in [5.41, 5.74) is 0.273. The summed E-state index contributed by atoms with van der Waals surface area (Å²) in [7, 11) is 0. The molecular formula is C15H21NO5.